The van der Waals surface area contributed by atoms with Gasteiger partial charge in [-0.25, -0.2) is 0 Å². The summed E-state index contributed by atoms with van der Waals surface area (Å²) in [6, 6.07) is 0. The van der Waals surface area contributed by atoms with E-state index in [-0.39, 0.29) is 11.8 Å². The number of ether oxygens (including phenoxy) is 2. The molecule has 2 aliphatic rings. The van der Waals surface area contributed by atoms with Gasteiger partial charge in [-0.2, -0.15) is 0 Å². The zero-order valence-corrected chi connectivity index (χ0v) is 17.7. The summed E-state index contributed by atoms with van der Waals surface area (Å²) in [5, 5.41) is 50.6. The predicted molar refractivity (Wildman–Crippen MR) is 104 cm³/mol. The van der Waals surface area contributed by atoms with Crippen LogP contribution in [0, 0.1) is 11.8 Å². The first kappa shape index (κ1) is 23.7. The Hall–Kier alpha value is -0.540. The fourth-order valence-electron chi connectivity index (χ4n) is 4.60. The molecule has 1 saturated carbocycles. The van der Waals surface area contributed by atoms with E-state index in [1.165, 1.54) is 5.57 Å². The quantitative estimate of drug-likeness (QED) is 0.405. The fourth-order valence-corrected chi connectivity index (χ4v) is 4.60. The van der Waals surface area contributed by atoms with Crippen molar-refractivity contribution in [3.8, 4) is 0 Å². The molecule has 2 rings (SSSR count). The average Bonchev–Trinajstić information content (AvgIpc) is 2.89. The molecular weight excluding hydrogens is 364 g/mol. The maximum atomic E-state index is 10.7. The van der Waals surface area contributed by atoms with Gasteiger partial charge in [0.25, 0.3) is 0 Å². The number of hydrogen-bond donors (Lipinski definition) is 5. The molecule has 0 spiro atoms. The SMILES string of the molecule is CC(C)=CCC[C@@](C)(O[C@H]1O[C@@H](CO)[C@@H](O)[C@@H](O)[C@H]1O)[C@H]1CC[C@@](C)(O)[C@H]1C. The van der Waals surface area contributed by atoms with Crippen molar-refractivity contribution in [2.75, 3.05) is 6.61 Å². The molecular formula is C21H38O7. The van der Waals surface area contributed by atoms with Crippen LogP contribution in [0.4, 0.5) is 0 Å². The minimum atomic E-state index is -1.47. The summed E-state index contributed by atoms with van der Waals surface area (Å²) in [7, 11) is 0. The highest BCUT2D eigenvalue weighted by Crippen LogP contribution is 2.48. The highest BCUT2D eigenvalue weighted by atomic mass is 16.7. The topological polar surface area (TPSA) is 120 Å². The van der Waals surface area contributed by atoms with Gasteiger partial charge in [-0.3, -0.25) is 0 Å². The lowest BCUT2D eigenvalue weighted by atomic mass is 9.76. The highest BCUT2D eigenvalue weighted by molar-refractivity contribution is 5.03. The lowest BCUT2D eigenvalue weighted by molar-refractivity contribution is -0.333. The van der Waals surface area contributed by atoms with Crippen LogP contribution in [0.3, 0.4) is 0 Å². The van der Waals surface area contributed by atoms with E-state index < -0.39 is 48.5 Å². The van der Waals surface area contributed by atoms with E-state index in [4.69, 9.17) is 9.47 Å². The number of aliphatic hydroxyl groups excluding tert-OH is 4. The maximum Gasteiger partial charge on any atom is 0.187 e. The standard InChI is InChI=1S/C21H38O7/c1-12(2)7-6-9-21(5,14-8-10-20(4,26)13(14)3)28-19-18(25)17(24)16(23)15(11-22)27-19/h7,13-19,22-26H,6,8-11H2,1-5H3/t13-,14-,15-,16+,17+,18+,19+,20+,21+/m0/s1. The highest BCUT2D eigenvalue weighted by Gasteiger charge is 2.53. The summed E-state index contributed by atoms with van der Waals surface area (Å²) in [6.45, 7) is 9.36. The van der Waals surface area contributed by atoms with Crippen LogP contribution in [-0.2, 0) is 9.47 Å². The van der Waals surface area contributed by atoms with Crippen molar-refractivity contribution in [2.24, 2.45) is 11.8 Å². The van der Waals surface area contributed by atoms with Crippen LogP contribution < -0.4 is 0 Å². The normalized spacial score (nSPS) is 43.6. The van der Waals surface area contributed by atoms with Crippen LogP contribution in [0.15, 0.2) is 11.6 Å². The lowest BCUT2D eigenvalue weighted by Gasteiger charge is -2.46. The molecule has 1 aliphatic carbocycles. The molecule has 1 aliphatic heterocycles. The molecule has 164 valence electrons. The second-order valence-electron chi connectivity index (χ2n) is 9.24. The van der Waals surface area contributed by atoms with Gasteiger partial charge in [0.1, 0.15) is 24.4 Å². The van der Waals surface area contributed by atoms with Crippen LogP contribution in [-0.4, -0.2) is 74.0 Å². The molecule has 0 unspecified atom stereocenters. The Morgan fingerprint density at radius 2 is 1.86 bits per heavy atom. The van der Waals surface area contributed by atoms with Crippen molar-refractivity contribution in [1.82, 2.24) is 0 Å². The van der Waals surface area contributed by atoms with Crippen LogP contribution >= 0.6 is 0 Å². The van der Waals surface area contributed by atoms with Crippen molar-refractivity contribution < 1.29 is 35.0 Å². The fraction of sp³-hybridized carbons (Fsp3) is 0.905. The number of aliphatic hydroxyl groups is 5. The van der Waals surface area contributed by atoms with E-state index in [9.17, 15) is 25.5 Å². The minimum absolute atomic E-state index is 0.0194. The zero-order valence-electron chi connectivity index (χ0n) is 17.7. The van der Waals surface area contributed by atoms with Gasteiger partial charge >= 0.3 is 0 Å². The molecule has 7 heteroatoms. The Bertz CT molecular complexity index is 543. The van der Waals surface area contributed by atoms with Crippen molar-refractivity contribution in [1.29, 1.82) is 0 Å². The van der Waals surface area contributed by atoms with E-state index in [0.29, 0.717) is 12.8 Å². The van der Waals surface area contributed by atoms with Crippen molar-refractivity contribution in [3.05, 3.63) is 11.6 Å². The van der Waals surface area contributed by atoms with Gasteiger partial charge < -0.3 is 35.0 Å². The third-order valence-electron chi connectivity index (χ3n) is 6.76. The minimum Gasteiger partial charge on any atom is -0.394 e. The molecule has 2 fully saturated rings. The number of allylic oxidation sites excluding steroid dienone is 2. The molecule has 0 aromatic rings. The molecule has 0 radical (unpaired) electrons. The van der Waals surface area contributed by atoms with E-state index in [1.54, 1.807) is 0 Å². The molecule has 28 heavy (non-hydrogen) atoms. The van der Waals surface area contributed by atoms with E-state index in [1.807, 2.05) is 34.6 Å². The van der Waals surface area contributed by atoms with Crippen molar-refractivity contribution in [3.63, 3.8) is 0 Å². The van der Waals surface area contributed by atoms with E-state index >= 15 is 0 Å². The Labute approximate surface area is 168 Å². The van der Waals surface area contributed by atoms with E-state index in [0.717, 1.165) is 12.8 Å². The predicted octanol–water partition coefficient (Wildman–Crippen LogP) is 1.11. The van der Waals surface area contributed by atoms with Crippen LogP contribution in [0.2, 0.25) is 0 Å². The summed E-state index contributed by atoms with van der Waals surface area (Å²) >= 11 is 0. The molecule has 0 bridgehead atoms. The van der Waals surface area contributed by atoms with Crippen LogP contribution in [0.1, 0.15) is 60.3 Å². The molecule has 1 saturated heterocycles. The molecule has 0 amide bonds. The van der Waals surface area contributed by atoms with Gasteiger partial charge in [0.05, 0.1) is 17.8 Å². The molecule has 7 nitrogen and oxygen atoms in total. The summed E-state index contributed by atoms with van der Waals surface area (Å²) < 4.78 is 11.9. The van der Waals surface area contributed by atoms with Crippen molar-refractivity contribution >= 4 is 0 Å². The van der Waals surface area contributed by atoms with Gasteiger partial charge in [0, 0.05) is 0 Å². The Balaban J connectivity index is 2.25. The summed E-state index contributed by atoms with van der Waals surface area (Å²) in [5.74, 6) is 0.00882. The molecule has 5 N–H and O–H groups in total. The zero-order chi connectivity index (χ0) is 21.3. The van der Waals surface area contributed by atoms with Gasteiger partial charge in [0.2, 0.25) is 0 Å². The number of hydrogen-bond acceptors (Lipinski definition) is 7. The Kier molecular flexibility index (Phi) is 7.70. The molecule has 9 atom stereocenters. The molecule has 1 heterocycles. The first-order chi connectivity index (χ1) is 12.9. The van der Waals surface area contributed by atoms with Gasteiger partial charge in [-0.15, -0.1) is 0 Å². The Morgan fingerprint density at radius 3 is 2.36 bits per heavy atom. The van der Waals surface area contributed by atoms with Crippen LogP contribution in [0.5, 0.6) is 0 Å². The summed E-state index contributed by atoms with van der Waals surface area (Å²) in [5.41, 5.74) is -0.317. The smallest absolute Gasteiger partial charge is 0.187 e. The monoisotopic (exact) mass is 402 g/mol. The second kappa shape index (κ2) is 9.08. The van der Waals surface area contributed by atoms with E-state index in [2.05, 4.69) is 6.08 Å². The maximum absolute atomic E-state index is 10.7. The molecule has 0 aromatic carbocycles. The first-order valence-corrected chi connectivity index (χ1v) is 10.3. The first-order valence-electron chi connectivity index (χ1n) is 10.3. The second-order valence-corrected chi connectivity index (χ2v) is 9.24. The Morgan fingerprint density at radius 1 is 1.21 bits per heavy atom. The average molecular weight is 403 g/mol. The van der Waals surface area contributed by atoms with Crippen LogP contribution in [0.25, 0.3) is 0 Å². The third-order valence-corrected chi connectivity index (χ3v) is 6.76. The summed E-state index contributed by atoms with van der Waals surface area (Å²) in [6.07, 6.45) is -1.53. The van der Waals surface area contributed by atoms with Gasteiger partial charge in [0.15, 0.2) is 6.29 Å². The number of rotatable bonds is 7. The van der Waals surface area contributed by atoms with Gasteiger partial charge in [-0.1, -0.05) is 18.6 Å². The summed E-state index contributed by atoms with van der Waals surface area (Å²) in [4.78, 5) is 0. The van der Waals surface area contributed by atoms with Gasteiger partial charge in [-0.05, 0) is 65.2 Å². The largest absolute Gasteiger partial charge is 0.394 e. The lowest BCUT2D eigenvalue weighted by Crippen LogP contribution is -2.61. The van der Waals surface area contributed by atoms with Crippen molar-refractivity contribution in [2.45, 2.75) is 102 Å². The molecule has 0 aromatic heterocycles. The third kappa shape index (κ3) is 4.95.